The Morgan fingerprint density at radius 1 is 1.12 bits per heavy atom. The molecular formula is C28H30N2O3. The monoisotopic (exact) mass is 442 g/mol. The number of aliphatic hydroxyl groups is 1. The number of benzene rings is 2. The fraction of sp³-hybridized carbons (Fsp3) is 0.357. The maximum Gasteiger partial charge on any atom is 0.129 e. The van der Waals surface area contributed by atoms with E-state index < -0.39 is 11.7 Å². The molecule has 0 bridgehead atoms. The molecule has 0 fully saturated rings. The van der Waals surface area contributed by atoms with Gasteiger partial charge in [0, 0.05) is 34.6 Å². The summed E-state index contributed by atoms with van der Waals surface area (Å²) in [7, 11) is 0. The number of aryl methyl sites for hydroxylation is 2. The lowest BCUT2D eigenvalue weighted by molar-refractivity contribution is -0.0821. The van der Waals surface area contributed by atoms with Crippen LogP contribution in [0.15, 0.2) is 42.6 Å². The van der Waals surface area contributed by atoms with Crippen molar-refractivity contribution in [3.63, 3.8) is 0 Å². The van der Waals surface area contributed by atoms with Crippen LogP contribution in [-0.4, -0.2) is 33.9 Å². The summed E-state index contributed by atoms with van der Waals surface area (Å²) in [6.45, 7) is 10.7. The van der Waals surface area contributed by atoms with E-state index in [1.165, 1.54) is 5.56 Å². The summed E-state index contributed by atoms with van der Waals surface area (Å²) in [5.41, 5.74) is 7.67. The predicted octanol–water partition coefficient (Wildman–Crippen LogP) is 5.85. The maximum atomic E-state index is 10.4. The van der Waals surface area contributed by atoms with Gasteiger partial charge in [-0.3, -0.25) is 9.97 Å². The van der Waals surface area contributed by atoms with Gasteiger partial charge < -0.3 is 14.6 Å². The second kappa shape index (κ2) is 8.08. The third-order valence-electron chi connectivity index (χ3n) is 6.20. The molecule has 5 nitrogen and oxygen atoms in total. The largest absolute Gasteiger partial charge is 0.493 e. The molecule has 2 aromatic heterocycles. The molecule has 1 aliphatic rings. The Labute approximate surface area is 194 Å². The van der Waals surface area contributed by atoms with Gasteiger partial charge in [0.2, 0.25) is 0 Å². The Kier molecular flexibility index (Phi) is 5.34. The van der Waals surface area contributed by atoms with E-state index in [0.717, 1.165) is 61.9 Å². The molecular weight excluding hydrogens is 412 g/mol. The second-order valence-electron chi connectivity index (χ2n) is 9.81. The summed E-state index contributed by atoms with van der Waals surface area (Å²) in [5.74, 6) is 0.875. The first kappa shape index (κ1) is 21.8. The maximum absolute atomic E-state index is 10.4. The van der Waals surface area contributed by atoms with Gasteiger partial charge >= 0.3 is 0 Å². The zero-order valence-electron chi connectivity index (χ0n) is 19.9. The van der Waals surface area contributed by atoms with Crippen molar-refractivity contribution in [1.29, 1.82) is 0 Å². The standard InChI is InChI=1S/C28H30N2O3/c1-16-14-21-19(7-6-17(2)30-21)26(24(16)23(15-31)33-28(3,4)5)20-8-9-22-25-18(11-13-32-22)10-12-29-27(20)25/h6-10,12,14,23,31H,11,13,15H2,1-5H3/t23-/m1/s1. The summed E-state index contributed by atoms with van der Waals surface area (Å²) < 4.78 is 12.3. The molecule has 0 amide bonds. The van der Waals surface area contributed by atoms with E-state index in [-0.39, 0.29) is 6.61 Å². The van der Waals surface area contributed by atoms with Gasteiger partial charge in [-0.15, -0.1) is 0 Å². The molecule has 0 saturated heterocycles. The first-order valence-electron chi connectivity index (χ1n) is 11.5. The highest BCUT2D eigenvalue weighted by Crippen LogP contribution is 2.44. The van der Waals surface area contributed by atoms with Crippen LogP contribution in [-0.2, 0) is 11.2 Å². The van der Waals surface area contributed by atoms with Crippen molar-refractivity contribution in [2.24, 2.45) is 0 Å². The van der Waals surface area contributed by atoms with E-state index >= 15 is 0 Å². The average Bonchev–Trinajstić information content (AvgIpc) is 2.77. The van der Waals surface area contributed by atoms with Gasteiger partial charge in [-0.05, 0) is 87.2 Å². The Morgan fingerprint density at radius 3 is 2.70 bits per heavy atom. The van der Waals surface area contributed by atoms with E-state index in [2.05, 4.69) is 31.2 Å². The van der Waals surface area contributed by atoms with Crippen molar-refractivity contribution < 1.29 is 14.6 Å². The van der Waals surface area contributed by atoms with E-state index in [1.54, 1.807) is 0 Å². The lowest BCUT2D eigenvalue weighted by Crippen LogP contribution is -2.25. The molecule has 3 heterocycles. The topological polar surface area (TPSA) is 64.5 Å². The Hall–Kier alpha value is -3.02. The Bertz CT molecular complexity index is 1360. The fourth-order valence-electron chi connectivity index (χ4n) is 4.95. The number of hydrogen-bond acceptors (Lipinski definition) is 5. The van der Waals surface area contributed by atoms with Crippen LogP contribution in [0.25, 0.3) is 32.9 Å². The molecule has 0 unspecified atom stereocenters. The average molecular weight is 443 g/mol. The highest BCUT2D eigenvalue weighted by atomic mass is 16.5. The van der Waals surface area contributed by atoms with Crippen molar-refractivity contribution in [3.8, 4) is 16.9 Å². The molecule has 5 rings (SSSR count). The normalized spacial score (nSPS) is 14.5. The predicted molar refractivity (Wildman–Crippen MR) is 132 cm³/mol. The molecule has 1 N–H and O–H groups in total. The van der Waals surface area contributed by atoms with Gasteiger partial charge in [0.25, 0.3) is 0 Å². The van der Waals surface area contributed by atoms with E-state index in [9.17, 15) is 5.11 Å². The quantitative estimate of drug-likeness (QED) is 0.429. The lowest BCUT2D eigenvalue weighted by atomic mass is 9.86. The highest BCUT2D eigenvalue weighted by molar-refractivity contribution is 6.07. The number of aliphatic hydroxyl groups excluding tert-OH is 1. The van der Waals surface area contributed by atoms with Crippen LogP contribution in [0.2, 0.25) is 0 Å². The minimum atomic E-state index is -0.479. The number of pyridine rings is 2. The molecule has 170 valence electrons. The van der Waals surface area contributed by atoms with E-state index in [4.69, 9.17) is 19.4 Å². The van der Waals surface area contributed by atoms with Gasteiger partial charge in [-0.25, -0.2) is 0 Å². The zero-order chi connectivity index (χ0) is 23.3. The Morgan fingerprint density at radius 2 is 1.94 bits per heavy atom. The molecule has 0 radical (unpaired) electrons. The summed E-state index contributed by atoms with van der Waals surface area (Å²) in [6.07, 6.45) is 2.27. The molecule has 5 heteroatoms. The van der Waals surface area contributed by atoms with Crippen molar-refractivity contribution in [3.05, 3.63) is 65.0 Å². The lowest BCUT2D eigenvalue weighted by Gasteiger charge is -2.30. The molecule has 33 heavy (non-hydrogen) atoms. The molecule has 1 atom stereocenters. The zero-order valence-corrected chi connectivity index (χ0v) is 19.9. The number of nitrogens with zero attached hydrogens (tertiary/aromatic N) is 2. The van der Waals surface area contributed by atoms with Crippen LogP contribution >= 0.6 is 0 Å². The molecule has 4 aromatic rings. The third kappa shape index (κ3) is 3.85. The smallest absolute Gasteiger partial charge is 0.129 e. The van der Waals surface area contributed by atoms with E-state index in [1.807, 2.05) is 46.0 Å². The first-order valence-corrected chi connectivity index (χ1v) is 11.5. The van der Waals surface area contributed by atoms with Gasteiger partial charge in [-0.1, -0.05) is 6.07 Å². The second-order valence-corrected chi connectivity index (χ2v) is 9.81. The van der Waals surface area contributed by atoms with Crippen LogP contribution < -0.4 is 4.74 Å². The third-order valence-corrected chi connectivity index (χ3v) is 6.20. The molecule has 0 spiro atoms. The first-order chi connectivity index (χ1) is 15.8. The van der Waals surface area contributed by atoms with Crippen LogP contribution in [0.4, 0.5) is 0 Å². The SMILES string of the molecule is Cc1ccc2c(-c3ccc4c5c(ccnc35)CCO4)c([C@@H](CO)OC(C)(C)C)c(C)cc2n1. The number of ether oxygens (including phenoxy) is 2. The molecule has 0 saturated carbocycles. The summed E-state index contributed by atoms with van der Waals surface area (Å²) in [5, 5.41) is 12.5. The molecule has 2 aromatic carbocycles. The van der Waals surface area contributed by atoms with Crippen LogP contribution in [0, 0.1) is 13.8 Å². The van der Waals surface area contributed by atoms with Gasteiger partial charge in [0.05, 0.1) is 29.8 Å². The van der Waals surface area contributed by atoms with Crippen molar-refractivity contribution in [2.75, 3.05) is 13.2 Å². The number of fused-ring (bicyclic) bond motifs is 1. The number of aromatic nitrogens is 2. The highest BCUT2D eigenvalue weighted by Gasteiger charge is 2.28. The van der Waals surface area contributed by atoms with Gasteiger partial charge in [0.1, 0.15) is 11.9 Å². The fourth-order valence-corrected chi connectivity index (χ4v) is 4.95. The Balaban J connectivity index is 1.89. The number of hydrogen-bond donors (Lipinski definition) is 1. The summed E-state index contributed by atoms with van der Waals surface area (Å²) in [6, 6.07) is 12.5. The van der Waals surface area contributed by atoms with Gasteiger partial charge in [-0.2, -0.15) is 0 Å². The van der Waals surface area contributed by atoms with Crippen LogP contribution in [0.1, 0.15) is 49.3 Å². The molecule has 0 aliphatic carbocycles. The van der Waals surface area contributed by atoms with Gasteiger partial charge in [0.15, 0.2) is 0 Å². The van der Waals surface area contributed by atoms with Crippen molar-refractivity contribution in [1.82, 2.24) is 9.97 Å². The minimum Gasteiger partial charge on any atom is -0.493 e. The van der Waals surface area contributed by atoms with E-state index in [0.29, 0.717) is 6.61 Å². The summed E-state index contributed by atoms with van der Waals surface area (Å²) >= 11 is 0. The van der Waals surface area contributed by atoms with Crippen molar-refractivity contribution in [2.45, 2.75) is 52.7 Å². The van der Waals surface area contributed by atoms with Crippen molar-refractivity contribution >= 4 is 21.8 Å². The van der Waals surface area contributed by atoms with Crippen LogP contribution in [0.5, 0.6) is 5.75 Å². The molecule has 1 aliphatic heterocycles. The van der Waals surface area contributed by atoms with Crippen LogP contribution in [0.3, 0.4) is 0 Å². The summed E-state index contributed by atoms with van der Waals surface area (Å²) in [4.78, 5) is 9.63. The minimum absolute atomic E-state index is 0.117. The number of rotatable bonds is 4.